The SMILES string of the molecule is CC(C)c1c(NN)ncnc1N1CCC(C)C(O)C1. The van der Waals surface area contributed by atoms with E-state index in [1.54, 1.807) is 0 Å². The molecule has 0 radical (unpaired) electrons. The van der Waals surface area contributed by atoms with Crippen molar-refractivity contribution in [1.82, 2.24) is 9.97 Å². The molecule has 0 spiro atoms. The van der Waals surface area contributed by atoms with Gasteiger partial charge in [0.1, 0.15) is 18.0 Å². The van der Waals surface area contributed by atoms with Crippen LogP contribution in [0.4, 0.5) is 11.6 Å². The van der Waals surface area contributed by atoms with Crippen LogP contribution in [0, 0.1) is 5.92 Å². The molecule has 2 rings (SSSR count). The smallest absolute Gasteiger partial charge is 0.148 e. The van der Waals surface area contributed by atoms with E-state index in [4.69, 9.17) is 5.84 Å². The lowest BCUT2D eigenvalue weighted by molar-refractivity contribution is 0.102. The summed E-state index contributed by atoms with van der Waals surface area (Å²) in [5.41, 5.74) is 3.64. The van der Waals surface area contributed by atoms with Crippen LogP contribution in [0.1, 0.15) is 38.7 Å². The minimum Gasteiger partial charge on any atom is -0.391 e. The van der Waals surface area contributed by atoms with Crippen molar-refractivity contribution in [2.45, 2.75) is 39.2 Å². The summed E-state index contributed by atoms with van der Waals surface area (Å²) in [4.78, 5) is 10.7. The second-order valence-corrected chi connectivity index (χ2v) is 5.54. The molecule has 0 bridgehead atoms. The molecule has 4 N–H and O–H groups in total. The number of hydrogen-bond acceptors (Lipinski definition) is 6. The van der Waals surface area contributed by atoms with Crippen molar-refractivity contribution in [3.8, 4) is 0 Å². The number of aromatic nitrogens is 2. The van der Waals surface area contributed by atoms with Crippen LogP contribution in [0.15, 0.2) is 6.33 Å². The minimum atomic E-state index is -0.307. The van der Waals surface area contributed by atoms with Crippen molar-refractivity contribution >= 4 is 11.6 Å². The Hall–Kier alpha value is -1.40. The fourth-order valence-corrected chi connectivity index (χ4v) is 2.53. The van der Waals surface area contributed by atoms with Crippen molar-refractivity contribution in [2.75, 3.05) is 23.4 Å². The van der Waals surface area contributed by atoms with Gasteiger partial charge in [-0.3, -0.25) is 0 Å². The topological polar surface area (TPSA) is 87.3 Å². The number of nitrogens with two attached hydrogens (primary N) is 1. The van der Waals surface area contributed by atoms with Crippen LogP contribution in [0.2, 0.25) is 0 Å². The zero-order valence-electron chi connectivity index (χ0n) is 11.8. The van der Waals surface area contributed by atoms with E-state index in [-0.39, 0.29) is 12.0 Å². The molecule has 1 fully saturated rings. The largest absolute Gasteiger partial charge is 0.391 e. The van der Waals surface area contributed by atoms with Gasteiger partial charge in [0.05, 0.1) is 6.10 Å². The van der Waals surface area contributed by atoms with Gasteiger partial charge in [0.2, 0.25) is 0 Å². The maximum Gasteiger partial charge on any atom is 0.148 e. The molecule has 1 aliphatic heterocycles. The van der Waals surface area contributed by atoms with Crippen molar-refractivity contribution in [1.29, 1.82) is 0 Å². The number of aliphatic hydroxyl groups excluding tert-OH is 1. The number of nitrogens with one attached hydrogen (secondary N) is 1. The lowest BCUT2D eigenvalue weighted by atomic mass is 9.95. The Kier molecular flexibility index (Phi) is 4.21. The van der Waals surface area contributed by atoms with E-state index in [1.807, 2.05) is 0 Å². The van der Waals surface area contributed by atoms with E-state index >= 15 is 0 Å². The Bertz CT molecular complexity index is 437. The molecule has 0 amide bonds. The molecule has 1 saturated heterocycles. The molecule has 6 heteroatoms. The zero-order valence-corrected chi connectivity index (χ0v) is 11.8. The quantitative estimate of drug-likeness (QED) is 0.560. The molecule has 0 aromatic carbocycles. The van der Waals surface area contributed by atoms with E-state index in [0.29, 0.717) is 18.3 Å². The Labute approximate surface area is 114 Å². The molecule has 0 saturated carbocycles. The second-order valence-electron chi connectivity index (χ2n) is 5.54. The third-order valence-corrected chi connectivity index (χ3v) is 3.80. The number of anilines is 2. The average molecular weight is 265 g/mol. The summed E-state index contributed by atoms with van der Waals surface area (Å²) in [6, 6.07) is 0. The number of nitrogens with zero attached hydrogens (tertiary/aromatic N) is 3. The lowest BCUT2D eigenvalue weighted by Gasteiger charge is -2.36. The van der Waals surface area contributed by atoms with Gasteiger partial charge in [0.25, 0.3) is 0 Å². The molecule has 1 aromatic rings. The highest BCUT2D eigenvalue weighted by Gasteiger charge is 2.28. The molecule has 2 unspecified atom stereocenters. The summed E-state index contributed by atoms with van der Waals surface area (Å²) in [5.74, 6) is 7.67. The first-order valence-electron chi connectivity index (χ1n) is 6.79. The minimum absolute atomic E-state index is 0.263. The standard InChI is InChI=1S/C13H23N5O/c1-8(2)11-12(17-14)15-7-16-13(11)18-5-4-9(3)10(19)6-18/h7-10,19H,4-6,14H2,1-3H3,(H,15,16,17). The van der Waals surface area contributed by atoms with Crippen LogP contribution in [-0.4, -0.2) is 34.3 Å². The number of rotatable bonds is 3. The summed E-state index contributed by atoms with van der Waals surface area (Å²) in [6.07, 6.45) is 2.17. The molecule has 2 atom stereocenters. The summed E-state index contributed by atoms with van der Waals surface area (Å²) in [7, 11) is 0. The highest BCUT2D eigenvalue weighted by atomic mass is 16.3. The van der Waals surface area contributed by atoms with Crippen LogP contribution in [0.5, 0.6) is 0 Å². The van der Waals surface area contributed by atoms with E-state index in [1.165, 1.54) is 6.33 Å². The number of nitrogen functional groups attached to an aromatic ring is 1. The first-order chi connectivity index (χ1) is 9.04. The molecule has 106 valence electrons. The van der Waals surface area contributed by atoms with Crippen LogP contribution in [-0.2, 0) is 0 Å². The second kappa shape index (κ2) is 5.71. The maximum absolute atomic E-state index is 10.0. The maximum atomic E-state index is 10.0. The van der Waals surface area contributed by atoms with Crippen molar-refractivity contribution < 1.29 is 5.11 Å². The number of piperidine rings is 1. The van der Waals surface area contributed by atoms with Gasteiger partial charge in [-0.1, -0.05) is 20.8 Å². The van der Waals surface area contributed by atoms with Gasteiger partial charge in [0, 0.05) is 18.7 Å². The normalized spacial score (nSPS) is 23.8. The van der Waals surface area contributed by atoms with Gasteiger partial charge in [0.15, 0.2) is 0 Å². The van der Waals surface area contributed by atoms with E-state index in [0.717, 1.165) is 24.3 Å². The van der Waals surface area contributed by atoms with E-state index in [9.17, 15) is 5.11 Å². The molecular formula is C13H23N5O. The number of β-amino-alcohol motifs (C(OH)–C–C–N with tert-alkyl or cyclic N) is 1. The van der Waals surface area contributed by atoms with Gasteiger partial charge >= 0.3 is 0 Å². The summed E-state index contributed by atoms with van der Waals surface area (Å²) in [6.45, 7) is 7.77. The molecule has 6 nitrogen and oxygen atoms in total. The Morgan fingerprint density at radius 1 is 1.47 bits per heavy atom. The third-order valence-electron chi connectivity index (χ3n) is 3.80. The third kappa shape index (κ3) is 2.79. The molecular weight excluding hydrogens is 242 g/mol. The highest BCUT2D eigenvalue weighted by molar-refractivity contribution is 5.60. The summed E-state index contributed by atoms with van der Waals surface area (Å²) >= 11 is 0. The molecule has 0 aliphatic carbocycles. The Morgan fingerprint density at radius 2 is 2.21 bits per heavy atom. The first kappa shape index (κ1) is 14.0. The van der Waals surface area contributed by atoms with Gasteiger partial charge in [-0.05, 0) is 18.3 Å². The van der Waals surface area contributed by atoms with Gasteiger partial charge < -0.3 is 15.4 Å². The van der Waals surface area contributed by atoms with Crippen molar-refractivity contribution in [2.24, 2.45) is 11.8 Å². The lowest BCUT2D eigenvalue weighted by Crippen LogP contribution is -2.43. The van der Waals surface area contributed by atoms with Gasteiger partial charge in [-0.25, -0.2) is 15.8 Å². The predicted octanol–water partition coefficient (Wildman–Crippen LogP) is 1.09. The van der Waals surface area contributed by atoms with Crippen LogP contribution >= 0.6 is 0 Å². The predicted molar refractivity (Wildman–Crippen MR) is 75.9 cm³/mol. The monoisotopic (exact) mass is 265 g/mol. The number of hydrazine groups is 1. The van der Waals surface area contributed by atoms with Crippen LogP contribution in [0.3, 0.4) is 0 Å². The highest BCUT2D eigenvalue weighted by Crippen LogP contribution is 2.32. The Morgan fingerprint density at radius 3 is 2.79 bits per heavy atom. The molecule has 19 heavy (non-hydrogen) atoms. The summed E-state index contributed by atoms with van der Waals surface area (Å²) in [5, 5.41) is 10.0. The van der Waals surface area contributed by atoms with Crippen LogP contribution in [0.25, 0.3) is 0 Å². The average Bonchev–Trinajstić information content (AvgIpc) is 2.40. The van der Waals surface area contributed by atoms with E-state index < -0.39 is 0 Å². The van der Waals surface area contributed by atoms with Crippen LogP contribution < -0.4 is 16.2 Å². The van der Waals surface area contributed by atoms with E-state index in [2.05, 4.69) is 41.1 Å². The fraction of sp³-hybridized carbons (Fsp3) is 0.692. The molecule has 1 aliphatic rings. The molecule has 2 heterocycles. The molecule has 1 aromatic heterocycles. The fourth-order valence-electron chi connectivity index (χ4n) is 2.53. The summed E-state index contributed by atoms with van der Waals surface area (Å²) < 4.78 is 0. The Balaban J connectivity index is 2.34. The van der Waals surface area contributed by atoms with Gasteiger partial charge in [-0.15, -0.1) is 0 Å². The number of aliphatic hydroxyl groups is 1. The zero-order chi connectivity index (χ0) is 14.0. The first-order valence-corrected chi connectivity index (χ1v) is 6.79. The van der Waals surface area contributed by atoms with Gasteiger partial charge in [-0.2, -0.15) is 0 Å². The van der Waals surface area contributed by atoms with Crippen molar-refractivity contribution in [3.63, 3.8) is 0 Å². The number of hydrogen-bond donors (Lipinski definition) is 3. The van der Waals surface area contributed by atoms with Crippen molar-refractivity contribution in [3.05, 3.63) is 11.9 Å².